The SMILES string of the molecule is CCNc1nc(OC)nc(-c2cccc(OC(C)C)c2)n1. The summed E-state index contributed by atoms with van der Waals surface area (Å²) in [7, 11) is 1.53. The summed E-state index contributed by atoms with van der Waals surface area (Å²) in [5.74, 6) is 1.83. The Morgan fingerprint density at radius 3 is 2.67 bits per heavy atom. The Balaban J connectivity index is 2.38. The summed E-state index contributed by atoms with van der Waals surface area (Å²) in [4.78, 5) is 12.8. The van der Waals surface area contributed by atoms with Crippen LogP contribution in [0.5, 0.6) is 11.8 Å². The molecule has 0 bridgehead atoms. The highest BCUT2D eigenvalue weighted by Gasteiger charge is 2.09. The number of aromatic nitrogens is 3. The van der Waals surface area contributed by atoms with E-state index in [1.807, 2.05) is 45.0 Å². The van der Waals surface area contributed by atoms with Gasteiger partial charge in [0.25, 0.3) is 0 Å². The third-order valence-electron chi connectivity index (χ3n) is 2.60. The molecular weight excluding hydrogens is 268 g/mol. The number of nitrogens with zero attached hydrogens (tertiary/aromatic N) is 3. The number of nitrogens with one attached hydrogen (secondary N) is 1. The standard InChI is InChI=1S/C15H20N4O2/c1-5-16-14-17-13(18-15(19-14)20-4)11-7-6-8-12(9-11)21-10(2)3/h6-10H,5H2,1-4H3,(H,16,17,18,19). The highest BCUT2D eigenvalue weighted by Crippen LogP contribution is 2.23. The lowest BCUT2D eigenvalue weighted by Gasteiger charge is -2.11. The van der Waals surface area contributed by atoms with Gasteiger partial charge in [-0.2, -0.15) is 15.0 Å². The monoisotopic (exact) mass is 288 g/mol. The van der Waals surface area contributed by atoms with Gasteiger partial charge in [0.2, 0.25) is 5.95 Å². The molecule has 0 unspecified atom stereocenters. The maximum atomic E-state index is 5.69. The summed E-state index contributed by atoms with van der Waals surface area (Å²) in [5.41, 5.74) is 0.855. The maximum absolute atomic E-state index is 5.69. The molecule has 0 spiro atoms. The van der Waals surface area contributed by atoms with Crippen LogP contribution in [0.2, 0.25) is 0 Å². The van der Waals surface area contributed by atoms with E-state index in [0.29, 0.717) is 11.8 Å². The summed E-state index contributed by atoms with van der Waals surface area (Å²) in [6, 6.07) is 7.94. The Bertz CT molecular complexity index is 602. The number of anilines is 1. The van der Waals surface area contributed by atoms with Crippen molar-refractivity contribution < 1.29 is 9.47 Å². The van der Waals surface area contributed by atoms with Gasteiger partial charge in [-0.1, -0.05) is 12.1 Å². The van der Waals surface area contributed by atoms with Crippen LogP contribution >= 0.6 is 0 Å². The molecule has 0 aliphatic heterocycles. The van der Waals surface area contributed by atoms with Gasteiger partial charge < -0.3 is 14.8 Å². The second kappa shape index (κ2) is 6.88. The first-order valence-electron chi connectivity index (χ1n) is 6.93. The van der Waals surface area contributed by atoms with Gasteiger partial charge in [0.05, 0.1) is 13.2 Å². The fourth-order valence-electron chi connectivity index (χ4n) is 1.79. The van der Waals surface area contributed by atoms with E-state index < -0.39 is 0 Å². The summed E-state index contributed by atoms with van der Waals surface area (Å²) in [6.07, 6.45) is 0.116. The van der Waals surface area contributed by atoms with Crippen LogP contribution < -0.4 is 14.8 Å². The predicted octanol–water partition coefficient (Wildman–Crippen LogP) is 2.77. The molecule has 112 valence electrons. The van der Waals surface area contributed by atoms with Gasteiger partial charge in [0, 0.05) is 12.1 Å². The summed E-state index contributed by atoms with van der Waals surface area (Å²) in [5, 5.41) is 3.07. The molecule has 2 aromatic rings. The van der Waals surface area contributed by atoms with Crippen molar-refractivity contribution in [1.29, 1.82) is 0 Å². The number of hydrogen-bond donors (Lipinski definition) is 1. The molecule has 2 rings (SSSR count). The Morgan fingerprint density at radius 2 is 2.00 bits per heavy atom. The van der Waals surface area contributed by atoms with Gasteiger partial charge in [-0.25, -0.2) is 0 Å². The van der Waals surface area contributed by atoms with Crippen molar-refractivity contribution in [2.75, 3.05) is 19.0 Å². The first kappa shape index (κ1) is 15.0. The van der Waals surface area contributed by atoms with E-state index in [4.69, 9.17) is 9.47 Å². The van der Waals surface area contributed by atoms with E-state index in [-0.39, 0.29) is 12.1 Å². The van der Waals surface area contributed by atoms with Crippen LogP contribution in [0.4, 0.5) is 5.95 Å². The van der Waals surface area contributed by atoms with Crippen LogP contribution in [0.25, 0.3) is 11.4 Å². The van der Waals surface area contributed by atoms with Crippen LogP contribution in [0.3, 0.4) is 0 Å². The number of benzene rings is 1. The second-order valence-corrected chi connectivity index (χ2v) is 4.69. The van der Waals surface area contributed by atoms with Crippen LogP contribution in [-0.4, -0.2) is 34.7 Å². The topological polar surface area (TPSA) is 69.2 Å². The first-order chi connectivity index (χ1) is 10.1. The van der Waals surface area contributed by atoms with Gasteiger partial charge >= 0.3 is 6.01 Å². The van der Waals surface area contributed by atoms with E-state index in [1.54, 1.807) is 0 Å². The quantitative estimate of drug-likeness (QED) is 0.881. The van der Waals surface area contributed by atoms with Crippen molar-refractivity contribution >= 4 is 5.95 Å². The summed E-state index contributed by atoms with van der Waals surface area (Å²) < 4.78 is 10.8. The van der Waals surface area contributed by atoms with Gasteiger partial charge in [-0.15, -0.1) is 0 Å². The van der Waals surface area contributed by atoms with Crippen molar-refractivity contribution in [2.45, 2.75) is 26.9 Å². The molecule has 6 heteroatoms. The average Bonchev–Trinajstić information content (AvgIpc) is 2.47. The molecule has 0 saturated carbocycles. The normalized spacial score (nSPS) is 10.5. The average molecular weight is 288 g/mol. The number of rotatable bonds is 6. The Labute approximate surface area is 124 Å². The highest BCUT2D eigenvalue weighted by molar-refractivity contribution is 5.58. The van der Waals surface area contributed by atoms with Gasteiger partial charge in [0.1, 0.15) is 5.75 Å². The van der Waals surface area contributed by atoms with E-state index in [2.05, 4.69) is 20.3 Å². The molecule has 0 amide bonds. The van der Waals surface area contributed by atoms with Crippen molar-refractivity contribution in [2.24, 2.45) is 0 Å². The maximum Gasteiger partial charge on any atom is 0.321 e. The highest BCUT2D eigenvalue weighted by atomic mass is 16.5. The van der Waals surface area contributed by atoms with Crippen molar-refractivity contribution in [3.63, 3.8) is 0 Å². The third kappa shape index (κ3) is 4.05. The molecule has 1 aromatic heterocycles. The molecule has 21 heavy (non-hydrogen) atoms. The molecule has 1 heterocycles. The molecular formula is C15H20N4O2. The Kier molecular flexibility index (Phi) is 4.92. The van der Waals surface area contributed by atoms with Crippen LogP contribution in [-0.2, 0) is 0 Å². The Hall–Kier alpha value is -2.37. The zero-order valence-electron chi connectivity index (χ0n) is 12.8. The molecule has 0 atom stereocenters. The molecule has 1 aromatic carbocycles. The lowest BCUT2D eigenvalue weighted by atomic mass is 10.2. The molecule has 0 aliphatic rings. The van der Waals surface area contributed by atoms with Crippen LogP contribution in [0.15, 0.2) is 24.3 Å². The van der Waals surface area contributed by atoms with Gasteiger partial charge in [-0.05, 0) is 32.9 Å². The molecule has 1 N–H and O–H groups in total. The Morgan fingerprint density at radius 1 is 1.19 bits per heavy atom. The van der Waals surface area contributed by atoms with Gasteiger partial charge in [0.15, 0.2) is 5.82 Å². The summed E-state index contributed by atoms with van der Waals surface area (Å²) in [6.45, 7) is 6.68. The third-order valence-corrected chi connectivity index (χ3v) is 2.60. The zero-order valence-corrected chi connectivity index (χ0v) is 12.8. The molecule has 6 nitrogen and oxygen atoms in total. The predicted molar refractivity (Wildman–Crippen MR) is 81.7 cm³/mol. The van der Waals surface area contributed by atoms with Crippen LogP contribution in [0, 0.1) is 0 Å². The van der Waals surface area contributed by atoms with E-state index in [9.17, 15) is 0 Å². The molecule has 0 fully saturated rings. The molecule has 0 aliphatic carbocycles. The smallest absolute Gasteiger partial charge is 0.321 e. The number of methoxy groups -OCH3 is 1. The minimum Gasteiger partial charge on any atom is -0.491 e. The zero-order chi connectivity index (χ0) is 15.2. The minimum atomic E-state index is 0.116. The van der Waals surface area contributed by atoms with Crippen LogP contribution in [0.1, 0.15) is 20.8 Å². The summed E-state index contributed by atoms with van der Waals surface area (Å²) >= 11 is 0. The van der Waals surface area contributed by atoms with Crippen molar-refractivity contribution in [1.82, 2.24) is 15.0 Å². The van der Waals surface area contributed by atoms with Gasteiger partial charge in [-0.3, -0.25) is 0 Å². The number of hydrogen-bond acceptors (Lipinski definition) is 6. The van der Waals surface area contributed by atoms with Crippen molar-refractivity contribution in [3.8, 4) is 23.1 Å². The molecule has 0 saturated heterocycles. The number of ether oxygens (including phenoxy) is 2. The second-order valence-electron chi connectivity index (χ2n) is 4.69. The van der Waals surface area contributed by atoms with E-state index in [1.165, 1.54) is 7.11 Å². The largest absolute Gasteiger partial charge is 0.491 e. The van der Waals surface area contributed by atoms with Crippen molar-refractivity contribution in [3.05, 3.63) is 24.3 Å². The fourth-order valence-corrected chi connectivity index (χ4v) is 1.79. The minimum absolute atomic E-state index is 0.116. The fraction of sp³-hybridized carbons (Fsp3) is 0.400. The lowest BCUT2D eigenvalue weighted by Crippen LogP contribution is -2.07. The van der Waals surface area contributed by atoms with E-state index in [0.717, 1.165) is 17.9 Å². The van der Waals surface area contributed by atoms with E-state index >= 15 is 0 Å². The lowest BCUT2D eigenvalue weighted by molar-refractivity contribution is 0.242. The molecule has 0 radical (unpaired) electrons. The first-order valence-corrected chi connectivity index (χ1v) is 6.93.